The Hall–Kier alpha value is -0.610. The number of nitrogens with one attached hydrogen (secondary N) is 1. The Kier molecular flexibility index (Phi) is 7.42. The fraction of sp³-hybridized carbons (Fsp3) is 0.900. The zero-order valence-corrected chi connectivity index (χ0v) is 9.38. The monoisotopic (exact) mass is 202 g/mol. The number of hydrogen-bond acceptors (Lipinski definition) is 3. The molecule has 1 amide bonds. The fourth-order valence-electron chi connectivity index (χ4n) is 1.18. The van der Waals surface area contributed by atoms with E-state index in [0.717, 1.165) is 12.8 Å². The van der Waals surface area contributed by atoms with E-state index >= 15 is 0 Å². The SMILES string of the molecule is CCC(CCN)CNC(=O)C(C)OC. The summed E-state index contributed by atoms with van der Waals surface area (Å²) in [5, 5.41) is 2.85. The molecule has 0 heterocycles. The van der Waals surface area contributed by atoms with Crippen LogP contribution in [0.1, 0.15) is 26.7 Å². The third-order valence-corrected chi connectivity index (χ3v) is 2.44. The molecule has 14 heavy (non-hydrogen) atoms. The van der Waals surface area contributed by atoms with Crippen LogP contribution in [0.15, 0.2) is 0 Å². The van der Waals surface area contributed by atoms with Crippen molar-refractivity contribution < 1.29 is 9.53 Å². The summed E-state index contributed by atoms with van der Waals surface area (Å²) in [6, 6.07) is 0. The second-order valence-corrected chi connectivity index (χ2v) is 3.47. The lowest BCUT2D eigenvalue weighted by Crippen LogP contribution is -2.37. The third-order valence-electron chi connectivity index (χ3n) is 2.44. The van der Waals surface area contributed by atoms with Crippen molar-refractivity contribution in [2.45, 2.75) is 32.8 Å². The van der Waals surface area contributed by atoms with Gasteiger partial charge in [-0.1, -0.05) is 13.3 Å². The molecule has 3 N–H and O–H groups in total. The smallest absolute Gasteiger partial charge is 0.248 e. The molecule has 0 radical (unpaired) electrons. The van der Waals surface area contributed by atoms with E-state index in [1.54, 1.807) is 6.92 Å². The van der Waals surface area contributed by atoms with Crippen LogP contribution < -0.4 is 11.1 Å². The first-order valence-corrected chi connectivity index (χ1v) is 5.16. The lowest BCUT2D eigenvalue weighted by molar-refractivity contribution is -0.130. The van der Waals surface area contributed by atoms with E-state index in [1.165, 1.54) is 7.11 Å². The van der Waals surface area contributed by atoms with E-state index in [9.17, 15) is 4.79 Å². The molecule has 2 unspecified atom stereocenters. The maximum atomic E-state index is 11.3. The minimum atomic E-state index is -0.370. The number of carbonyl (C=O) groups is 1. The molecule has 0 saturated heterocycles. The highest BCUT2D eigenvalue weighted by Crippen LogP contribution is 2.05. The summed E-state index contributed by atoms with van der Waals surface area (Å²) in [5.41, 5.74) is 5.46. The summed E-state index contributed by atoms with van der Waals surface area (Å²) < 4.78 is 4.90. The third kappa shape index (κ3) is 5.19. The van der Waals surface area contributed by atoms with Gasteiger partial charge in [0.05, 0.1) is 0 Å². The summed E-state index contributed by atoms with van der Waals surface area (Å²) in [5.74, 6) is 0.427. The maximum absolute atomic E-state index is 11.3. The van der Waals surface area contributed by atoms with E-state index in [0.29, 0.717) is 19.0 Å². The molecule has 0 saturated carbocycles. The van der Waals surface area contributed by atoms with Gasteiger partial charge >= 0.3 is 0 Å². The number of ether oxygens (including phenoxy) is 1. The van der Waals surface area contributed by atoms with E-state index in [-0.39, 0.29) is 12.0 Å². The predicted molar refractivity (Wildman–Crippen MR) is 56.9 cm³/mol. The van der Waals surface area contributed by atoms with Gasteiger partial charge in [-0.3, -0.25) is 4.79 Å². The van der Waals surface area contributed by atoms with Crippen molar-refractivity contribution in [3.63, 3.8) is 0 Å². The lowest BCUT2D eigenvalue weighted by Gasteiger charge is -2.16. The molecule has 0 aliphatic carbocycles. The topological polar surface area (TPSA) is 64.3 Å². The minimum absolute atomic E-state index is 0.0528. The van der Waals surface area contributed by atoms with Gasteiger partial charge in [-0.15, -0.1) is 0 Å². The summed E-state index contributed by atoms with van der Waals surface area (Å²) in [6.45, 7) is 5.21. The van der Waals surface area contributed by atoms with E-state index < -0.39 is 0 Å². The summed E-state index contributed by atoms with van der Waals surface area (Å²) in [7, 11) is 1.53. The Bertz CT molecular complexity index is 162. The van der Waals surface area contributed by atoms with Gasteiger partial charge in [0.2, 0.25) is 5.91 Å². The zero-order valence-electron chi connectivity index (χ0n) is 9.38. The minimum Gasteiger partial charge on any atom is -0.372 e. The van der Waals surface area contributed by atoms with Crippen LogP contribution in [0, 0.1) is 5.92 Å². The highest BCUT2D eigenvalue weighted by molar-refractivity contribution is 5.80. The molecule has 0 aromatic rings. The molecule has 0 aliphatic rings. The van der Waals surface area contributed by atoms with Gasteiger partial charge in [-0.2, -0.15) is 0 Å². The van der Waals surface area contributed by atoms with Crippen molar-refractivity contribution in [1.82, 2.24) is 5.32 Å². The summed E-state index contributed by atoms with van der Waals surface area (Å²) in [6.07, 6.45) is 1.63. The van der Waals surface area contributed by atoms with Gasteiger partial charge in [0.1, 0.15) is 6.10 Å². The van der Waals surface area contributed by atoms with Crippen molar-refractivity contribution in [2.75, 3.05) is 20.2 Å². The van der Waals surface area contributed by atoms with Crippen LogP contribution in [0.4, 0.5) is 0 Å². The number of amides is 1. The Morgan fingerprint density at radius 3 is 2.64 bits per heavy atom. The largest absolute Gasteiger partial charge is 0.372 e. The Labute approximate surface area is 86.2 Å². The highest BCUT2D eigenvalue weighted by Gasteiger charge is 2.12. The molecule has 0 fully saturated rings. The van der Waals surface area contributed by atoms with Crippen molar-refractivity contribution in [2.24, 2.45) is 11.7 Å². The van der Waals surface area contributed by atoms with Gasteiger partial charge in [-0.05, 0) is 25.8 Å². The van der Waals surface area contributed by atoms with Crippen molar-refractivity contribution in [1.29, 1.82) is 0 Å². The van der Waals surface area contributed by atoms with E-state index in [4.69, 9.17) is 10.5 Å². The first-order chi connectivity index (χ1) is 6.65. The molecule has 0 aromatic carbocycles. The van der Waals surface area contributed by atoms with Gasteiger partial charge in [0, 0.05) is 13.7 Å². The molecule has 0 aliphatic heterocycles. The number of carbonyl (C=O) groups excluding carboxylic acids is 1. The number of hydrogen-bond donors (Lipinski definition) is 2. The predicted octanol–water partition coefficient (Wildman–Crippen LogP) is 0.513. The summed E-state index contributed by atoms with van der Waals surface area (Å²) in [4.78, 5) is 11.3. The number of nitrogens with two attached hydrogens (primary N) is 1. The maximum Gasteiger partial charge on any atom is 0.248 e. The molecule has 84 valence electrons. The van der Waals surface area contributed by atoms with Gasteiger partial charge in [-0.25, -0.2) is 0 Å². The Morgan fingerprint density at radius 1 is 1.57 bits per heavy atom. The van der Waals surface area contributed by atoms with Crippen LogP contribution in [0.3, 0.4) is 0 Å². The van der Waals surface area contributed by atoms with Crippen LogP contribution in [0.5, 0.6) is 0 Å². The van der Waals surface area contributed by atoms with Crippen LogP contribution >= 0.6 is 0 Å². The normalized spacial score (nSPS) is 14.9. The average molecular weight is 202 g/mol. The molecular weight excluding hydrogens is 180 g/mol. The fourth-order valence-corrected chi connectivity index (χ4v) is 1.18. The molecule has 0 rings (SSSR count). The summed E-state index contributed by atoms with van der Waals surface area (Å²) >= 11 is 0. The molecule has 0 bridgehead atoms. The standard InChI is InChI=1S/C10H22N2O2/c1-4-9(5-6-11)7-12-10(13)8(2)14-3/h8-9H,4-7,11H2,1-3H3,(H,12,13). The molecular formula is C10H22N2O2. The quantitative estimate of drug-likeness (QED) is 0.632. The van der Waals surface area contributed by atoms with Crippen LogP contribution in [0.2, 0.25) is 0 Å². The lowest BCUT2D eigenvalue weighted by atomic mass is 10.0. The Balaban J connectivity index is 3.73. The van der Waals surface area contributed by atoms with Gasteiger partial charge in [0.25, 0.3) is 0 Å². The molecule has 4 heteroatoms. The second-order valence-electron chi connectivity index (χ2n) is 3.47. The van der Waals surface area contributed by atoms with E-state index in [2.05, 4.69) is 12.2 Å². The van der Waals surface area contributed by atoms with Crippen molar-refractivity contribution in [3.05, 3.63) is 0 Å². The number of methoxy groups -OCH3 is 1. The molecule has 4 nitrogen and oxygen atoms in total. The van der Waals surface area contributed by atoms with Gasteiger partial charge in [0.15, 0.2) is 0 Å². The Morgan fingerprint density at radius 2 is 2.21 bits per heavy atom. The first-order valence-electron chi connectivity index (χ1n) is 5.16. The molecule has 2 atom stereocenters. The molecule has 0 aromatic heterocycles. The van der Waals surface area contributed by atoms with Crippen LogP contribution in [-0.4, -0.2) is 32.2 Å². The zero-order chi connectivity index (χ0) is 11.0. The van der Waals surface area contributed by atoms with Crippen LogP contribution in [-0.2, 0) is 9.53 Å². The van der Waals surface area contributed by atoms with E-state index in [1.807, 2.05) is 0 Å². The first kappa shape index (κ1) is 13.4. The highest BCUT2D eigenvalue weighted by atomic mass is 16.5. The number of rotatable bonds is 7. The van der Waals surface area contributed by atoms with Crippen molar-refractivity contribution in [3.8, 4) is 0 Å². The van der Waals surface area contributed by atoms with Crippen LogP contribution in [0.25, 0.3) is 0 Å². The van der Waals surface area contributed by atoms with Crippen molar-refractivity contribution >= 4 is 5.91 Å². The van der Waals surface area contributed by atoms with Gasteiger partial charge < -0.3 is 15.8 Å². The average Bonchev–Trinajstić information content (AvgIpc) is 2.22. The second kappa shape index (κ2) is 7.76. The molecule has 0 spiro atoms.